The zero-order valence-corrected chi connectivity index (χ0v) is 13.8. The number of carbonyl (C=O) groups is 2. The summed E-state index contributed by atoms with van der Waals surface area (Å²) in [6.07, 6.45) is 1.25. The molecule has 0 saturated carbocycles. The van der Waals surface area contributed by atoms with Crippen molar-refractivity contribution in [3.63, 3.8) is 0 Å². The summed E-state index contributed by atoms with van der Waals surface area (Å²) < 4.78 is 4.94. The summed E-state index contributed by atoms with van der Waals surface area (Å²) in [5.41, 5.74) is 1.27. The van der Waals surface area contributed by atoms with Crippen molar-refractivity contribution in [3.05, 3.63) is 41.4 Å². The molecule has 0 unspecified atom stereocenters. The van der Waals surface area contributed by atoms with Gasteiger partial charge in [-0.2, -0.15) is 0 Å². The third kappa shape index (κ3) is 3.61. The lowest BCUT2D eigenvalue weighted by atomic mass is 9.95. The minimum atomic E-state index is -0.128. The molecular formula is C17H20N4O3. The van der Waals surface area contributed by atoms with Crippen LogP contribution in [-0.4, -0.2) is 39.9 Å². The standard InChI is InChI=1S/C17H20N4O3/c1-11-4-3-5-14(18-11)17(23)21-8-6-13(7-9-21)16(22)19-15-10-12(2)24-20-15/h3-5,10,13H,6-9H2,1-2H3,(H,19,20,22). The van der Waals surface area contributed by atoms with Gasteiger partial charge < -0.3 is 14.7 Å². The fraction of sp³-hybridized carbons (Fsp3) is 0.412. The van der Waals surface area contributed by atoms with Gasteiger partial charge in [0, 0.05) is 30.8 Å². The Kier molecular flexibility index (Phi) is 4.59. The van der Waals surface area contributed by atoms with E-state index in [4.69, 9.17) is 4.52 Å². The normalized spacial score (nSPS) is 15.3. The summed E-state index contributed by atoms with van der Waals surface area (Å²) in [5, 5.41) is 6.52. The monoisotopic (exact) mass is 328 g/mol. The van der Waals surface area contributed by atoms with Crippen molar-refractivity contribution in [1.82, 2.24) is 15.0 Å². The first-order chi connectivity index (χ1) is 11.5. The van der Waals surface area contributed by atoms with Crippen LogP contribution >= 0.6 is 0 Å². The number of likely N-dealkylation sites (tertiary alicyclic amines) is 1. The number of amides is 2. The molecule has 1 N–H and O–H groups in total. The van der Waals surface area contributed by atoms with E-state index < -0.39 is 0 Å². The van der Waals surface area contributed by atoms with E-state index in [2.05, 4.69) is 15.5 Å². The summed E-state index contributed by atoms with van der Waals surface area (Å²) >= 11 is 0. The van der Waals surface area contributed by atoms with Gasteiger partial charge in [-0.1, -0.05) is 11.2 Å². The molecule has 0 spiro atoms. The van der Waals surface area contributed by atoms with Gasteiger partial charge in [0.25, 0.3) is 5.91 Å². The van der Waals surface area contributed by atoms with Crippen molar-refractivity contribution in [1.29, 1.82) is 0 Å². The van der Waals surface area contributed by atoms with E-state index in [1.165, 1.54) is 0 Å². The largest absolute Gasteiger partial charge is 0.360 e. The Bertz CT molecular complexity index is 748. The van der Waals surface area contributed by atoms with Gasteiger partial charge in [-0.05, 0) is 38.8 Å². The van der Waals surface area contributed by atoms with Gasteiger partial charge in [0.2, 0.25) is 5.91 Å². The molecule has 2 amide bonds. The van der Waals surface area contributed by atoms with Crippen LogP contribution in [0.15, 0.2) is 28.8 Å². The zero-order chi connectivity index (χ0) is 17.1. The first-order valence-electron chi connectivity index (χ1n) is 8.00. The second kappa shape index (κ2) is 6.82. The second-order valence-electron chi connectivity index (χ2n) is 6.04. The van der Waals surface area contributed by atoms with Crippen molar-refractivity contribution in [2.45, 2.75) is 26.7 Å². The number of rotatable bonds is 3. The lowest BCUT2D eigenvalue weighted by Crippen LogP contribution is -2.41. The topological polar surface area (TPSA) is 88.3 Å². The summed E-state index contributed by atoms with van der Waals surface area (Å²) in [5.74, 6) is 0.793. The number of hydrogen-bond acceptors (Lipinski definition) is 5. The number of anilines is 1. The quantitative estimate of drug-likeness (QED) is 0.933. The molecule has 7 heteroatoms. The molecule has 7 nitrogen and oxygen atoms in total. The van der Waals surface area contributed by atoms with Crippen LogP contribution in [0.5, 0.6) is 0 Å². The summed E-state index contributed by atoms with van der Waals surface area (Å²) in [6, 6.07) is 7.09. The highest BCUT2D eigenvalue weighted by Gasteiger charge is 2.28. The molecule has 1 saturated heterocycles. The summed E-state index contributed by atoms with van der Waals surface area (Å²) in [4.78, 5) is 30.7. The van der Waals surface area contributed by atoms with Gasteiger partial charge in [-0.15, -0.1) is 0 Å². The number of aromatic nitrogens is 2. The SMILES string of the molecule is Cc1cccc(C(=O)N2CCC(C(=O)Nc3cc(C)on3)CC2)n1. The Hall–Kier alpha value is -2.70. The van der Waals surface area contributed by atoms with E-state index in [0.717, 1.165) is 5.69 Å². The van der Waals surface area contributed by atoms with Crippen LogP contribution in [-0.2, 0) is 4.79 Å². The number of piperidine rings is 1. The number of nitrogens with one attached hydrogen (secondary N) is 1. The Morgan fingerprint density at radius 1 is 1.25 bits per heavy atom. The molecule has 3 rings (SSSR count). The van der Waals surface area contributed by atoms with Gasteiger partial charge in [0.05, 0.1) is 0 Å². The molecule has 126 valence electrons. The van der Waals surface area contributed by atoms with Gasteiger partial charge in [-0.3, -0.25) is 9.59 Å². The lowest BCUT2D eigenvalue weighted by molar-refractivity contribution is -0.121. The van der Waals surface area contributed by atoms with E-state index in [-0.39, 0.29) is 17.7 Å². The smallest absolute Gasteiger partial charge is 0.272 e. The number of pyridine rings is 1. The third-order valence-corrected chi connectivity index (χ3v) is 4.14. The molecule has 0 aromatic carbocycles. The minimum Gasteiger partial charge on any atom is -0.360 e. The molecule has 0 atom stereocenters. The van der Waals surface area contributed by atoms with Gasteiger partial charge in [0.15, 0.2) is 5.82 Å². The summed E-state index contributed by atoms with van der Waals surface area (Å²) in [6.45, 7) is 4.72. The highest BCUT2D eigenvalue weighted by Crippen LogP contribution is 2.20. The molecule has 1 aliphatic rings. The van der Waals surface area contributed by atoms with E-state index >= 15 is 0 Å². The molecule has 2 aromatic rings. The Morgan fingerprint density at radius 3 is 2.62 bits per heavy atom. The fourth-order valence-electron chi connectivity index (χ4n) is 2.82. The van der Waals surface area contributed by atoms with Crippen molar-refractivity contribution in [3.8, 4) is 0 Å². The first kappa shape index (κ1) is 16.2. The van der Waals surface area contributed by atoms with Crippen molar-refractivity contribution in [2.75, 3.05) is 18.4 Å². The predicted molar refractivity (Wildman–Crippen MR) is 87.5 cm³/mol. The Balaban J connectivity index is 1.55. The van der Waals surface area contributed by atoms with E-state index in [0.29, 0.717) is 43.2 Å². The number of aryl methyl sites for hydroxylation is 2. The van der Waals surface area contributed by atoms with Gasteiger partial charge in [-0.25, -0.2) is 4.98 Å². The van der Waals surface area contributed by atoms with Crippen molar-refractivity contribution < 1.29 is 14.1 Å². The first-order valence-corrected chi connectivity index (χ1v) is 8.00. The number of nitrogens with zero attached hydrogens (tertiary/aromatic N) is 3. The molecule has 24 heavy (non-hydrogen) atoms. The molecule has 0 aliphatic carbocycles. The van der Waals surface area contributed by atoms with Crippen LogP contribution in [0.3, 0.4) is 0 Å². The van der Waals surface area contributed by atoms with Crippen LogP contribution < -0.4 is 5.32 Å². The van der Waals surface area contributed by atoms with Gasteiger partial charge >= 0.3 is 0 Å². The average molecular weight is 328 g/mol. The average Bonchev–Trinajstić information content (AvgIpc) is 2.99. The van der Waals surface area contributed by atoms with Gasteiger partial charge in [0.1, 0.15) is 11.5 Å². The highest BCUT2D eigenvalue weighted by atomic mass is 16.5. The molecule has 0 radical (unpaired) electrons. The van der Waals surface area contributed by atoms with Crippen LogP contribution in [0.25, 0.3) is 0 Å². The third-order valence-electron chi connectivity index (χ3n) is 4.14. The van der Waals surface area contributed by atoms with Crippen LogP contribution in [0, 0.1) is 19.8 Å². The second-order valence-corrected chi connectivity index (χ2v) is 6.04. The van der Waals surface area contributed by atoms with Crippen LogP contribution in [0.2, 0.25) is 0 Å². The molecular weight excluding hydrogens is 308 g/mol. The Labute approximate surface area is 140 Å². The highest BCUT2D eigenvalue weighted by molar-refractivity contribution is 5.93. The lowest BCUT2D eigenvalue weighted by Gasteiger charge is -2.31. The zero-order valence-electron chi connectivity index (χ0n) is 13.8. The van der Waals surface area contributed by atoms with Crippen molar-refractivity contribution >= 4 is 17.6 Å². The Morgan fingerprint density at radius 2 is 2.00 bits per heavy atom. The van der Waals surface area contributed by atoms with E-state index in [9.17, 15) is 9.59 Å². The predicted octanol–water partition coefficient (Wildman–Crippen LogP) is 2.18. The maximum Gasteiger partial charge on any atom is 0.272 e. The maximum atomic E-state index is 12.5. The molecule has 3 heterocycles. The number of hydrogen-bond donors (Lipinski definition) is 1. The summed E-state index contributed by atoms with van der Waals surface area (Å²) in [7, 11) is 0. The molecule has 1 fully saturated rings. The molecule has 2 aromatic heterocycles. The van der Waals surface area contributed by atoms with E-state index in [1.54, 1.807) is 24.0 Å². The minimum absolute atomic E-state index is 0.0790. The van der Waals surface area contributed by atoms with E-state index in [1.807, 2.05) is 19.1 Å². The van der Waals surface area contributed by atoms with Crippen LogP contribution in [0.1, 0.15) is 34.8 Å². The fourth-order valence-corrected chi connectivity index (χ4v) is 2.82. The molecule has 0 bridgehead atoms. The maximum absolute atomic E-state index is 12.5. The van der Waals surface area contributed by atoms with Crippen molar-refractivity contribution in [2.24, 2.45) is 5.92 Å². The van der Waals surface area contributed by atoms with Crippen LogP contribution in [0.4, 0.5) is 5.82 Å². The number of carbonyl (C=O) groups excluding carboxylic acids is 2. The molecule has 1 aliphatic heterocycles.